The highest BCUT2D eigenvalue weighted by molar-refractivity contribution is 5.94. The number of carbonyl (C=O) groups excluding carboxylic acids is 2. The maximum atomic E-state index is 13.2. The van der Waals surface area contributed by atoms with Crippen molar-refractivity contribution in [3.63, 3.8) is 0 Å². The van der Waals surface area contributed by atoms with Crippen LogP contribution in [0.3, 0.4) is 0 Å². The first-order chi connectivity index (χ1) is 14.5. The molecule has 0 spiro atoms. The molecule has 164 valence electrons. The van der Waals surface area contributed by atoms with Gasteiger partial charge in [0.25, 0.3) is 5.91 Å². The van der Waals surface area contributed by atoms with Crippen LogP contribution in [0.2, 0.25) is 0 Å². The molecule has 6 heteroatoms. The SMILES string of the molecule is Cc1ccc(C(=O)N2CCCC(C(=O)N3CCN(C4CCCN(C)C4)CC3)C2)cc1. The summed E-state index contributed by atoms with van der Waals surface area (Å²) in [6.45, 7) is 9.27. The summed E-state index contributed by atoms with van der Waals surface area (Å²) in [7, 11) is 2.21. The second-order valence-corrected chi connectivity index (χ2v) is 9.38. The maximum absolute atomic E-state index is 13.2. The molecule has 0 bridgehead atoms. The molecule has 2 amide bonds. The van der Waals surface area contributed by atoms with E-state index in [0.717, 1.165) is 63.2 Å². The summed E-state index contributed by atoms with van der Waals surface area (Å²) in [4.78, 5) is 35.0. The summed E-state index contributed by atoms with van der Waals surface area (Å²) in [6.07, 6.45) is 4.34. The van der Waals surface area contributed by atoms with Crippen molar-refractivity contribution < 1.29 is 9.59 Å². The van der Waals surface area contributed by atoms with Crippen molar-refractivity contribution in [2.75, 3.05) is 59.4 Å². The van der Waals surface area contributed by atoms with Gasteiger partial charge < -0.3 is 14.7 Å². The lowest BCUT2D eigenvalue weighted by molar-refractivity contribution is -0.139. The number of piperidine rings is 2. The van der Waals surface area contributed by atoms with Gasteiger partial charge in [-0.05, 0) is 58.3 Å². The van der Waals surface area contributed by atoms with Crippen molar-refractivity contribution in [2.45, 2.75) is 38.6 Å². The Hall–Kier alpha value is -1.92. The van der Waals surface area contributed by atoms with Crippen LogP contribution in [0.5, 0.6) is 0 Å². The molecule has 1 aromatic rings. The zero-order valence-corrected chi connectivity index (χ0v) is 18.6. The van der Waals surface area contributed by atoms with Gasteiger partial charge in [-0.3, -0.25) is 14.5 Å². The molecule has 6 nitrogen and oxygen atoms in total. The van der Waals surface area contributed by atoms with E-state index in [9.17, 15) is 9.59 Å². The van der Waals surface area contributed by atoms with Crippen LogP contribution in [0.1, 0.15) is 41.6 Å². The van der Waals surface area contributed by atoms with Gasteiger partial charge in [-0.1, -0.05) is 17.7 Å². The van der Waals surface area contributed by atoms with Crippen LogP contribution in [0, 0.1) is 12.8 Å². The van der Waals surface area contributed by atoms with E-state index in [2.05, 4.69) is 16.8 Å². The van der Waals surface area contributed by atoms with Crippen molar-refractivity contribution in [3.8, 4) is 0 Å². The van der Waals surface area contributed by atoms with E-state index in [1.807, 2.05) is 41.0 Å². The van der Waals surface area contributed by atoms with Gasteiger partial charge in [-0.25, -0.2) is 0 Å². The molecule has 1 aromatic carbocycles. The van der Waals surface area contributed by atoms with E-state index in [0.29, 0.717) is 12.6 Å². The van der Waals surface area contributed by atoms with Gasteiger partial charge in [0.2, 0.25) is 5.91 Å². The van der Waals surface area contributed by atoms with Gasteiger partial charge >= 0.3 is 0 Å². The number of piperazine rings is 1. The Kier molecular flexibility index (Phi) is 6.74. The van der Waals surface area contributed by atoms with E-state index in [4.69, 9.17) is 0 Å². The smallest absolute Gasteiger partial charge is 0.253 e. The molecular weight excluding hydrogens is 376 g/mol. The lowest BCUT2D eigenvalue weighted by Crippen LogP contribution is -2.57. The molecule has 0 aromatic heterocycles. The number of hydrogen-bond donors (Lipinski definition) is 0. The summed E-state index contributed by atoms with van der Waals surface area (Å²) in [6, 6.07) is 8.38. The first-order valence-electron chi connectivity index (χ1n) is 11.6. The zero-order chi connectivity index (χ0) is 21.1. The molecule has 0 aliphatic carbocycles. The van der Waals surface area contributed by atoms with Gasteiger partial charge in [0.1, 0.15) is 0 Å². The number of rotatable bonds is 3. The third kappa shape index (κ3) is 4.86. The number of likely N-dealkylation sites (N-methyl/N-ethyl adjacent to an activating group) is 1. The number of aryl methyl sites for hydroxylation is 1. The highest BCUT2D eigenvalue weighted by Crippen LogP contribution is 2.23. The average molecular weight is 413 g/mol. The summed E-state index contributed by atoms with van der Waals surface area (Å²) in [5.41, 5.74) is 1.87. The van der Waals surface area contributed by atoms with Crippen LogP contribution in [0.25, 0.3) is 0 Å². The second kappa shape index (κ2) is 9.48. The Morgan fingerprint density at radius 1 is 0.833 bits per heavy atom. The lowest BCUT2D eigenvalue weighted by Gasteiger charge is -2.43. The van der Waals surface area contributed by atoms with Crippen molar-refractivity contribution in [3.05, 3.63) is 35.4 Å². The van der Waals surface area contributed by atoms with Crippen LogP contribution in [0.4, 0.5) is 0 Å². The summed E-state index contributed by atoms with van der Waals surface area (Å²) in [5, 5.41) is 0. The van der Waals surface area contributed by atoms with E-state index >= 15 is 0 Å². The minimum absolute atomic E-state index is 0.0544. The number of benzene rings is 1. The normalized spacial score (nSPS) is 26.6. The lowest BCUT2D eigenvalue weighted by atomic mass is 9.95. The van der Waals surface area contributed by atoms with Crippen molar-refractivity contribution in [1.82, 2.24) is 19.6 Å². The number of hydrogen-bond acceptors (Lipinski definition) is 4. The van der Waals surface area contributed by atoms with Gasteiger partial charge in [-0.15, -0.1) is 0 Å². The van der Waals surface area contributed by atoms with Gasteiger partial charge in [0, 0.05) is 57.4 Å². The Balaban J connectivity index is 1.30. The number of nitrogens with zero attached hydrogens (tertiary/aromatic N) is 4. The minimum atomic E-state index is -0.0551. The molecule has 2 unspecified atom stereocenters. The highest BCUT2D eigenvalue weighted by atomic mass is 16.2. The molecule has 0 N–H and O–H groups in total. The highest BCUT2D eigenvalue weighted by Gasteiger charge is 2.34. The van der Waals surface area contributed by atoms with E-state index in [1.54, 1.807) is 0 Å². The molecule has 3 heterocycles. The molecule has 3 aliphatic rings. The number of amides is 2. The number of likely N-dealkylation sites (tertiary alicyclic amines) is 2. The van der Waals surface area contributed by atoms with Crippen LogP contribution in [0.15, 0.2) is 24.3 Å². The fraction of sp³-hybridized carbons (Fsp3) is 0.667. The molecule has 3 saturated heterocycles. The predicted molar refractivity (Wildman–Crippen MR) is 118 cm³/mol. The molecule has 2 atom stereocenters. The third-order valence-corrected chi connectivity index (χ3v) is 7.10. The first kappa shape index (κ1) is 21.3. The van der Waals surface area contributed by atoms with E-state index in [1.165, 1.54) is 19.4 Å². The third-order valence-electron chi connectivity index (χ3n) is 7.10. The van der Waals surface area contributed by atoms with Gasteiger partial charge in [-0.2, -0.15) is 0 Å². The standard InChI is InChI=1S/C24H36N4O2/c1-19-7-9-20(10-8-19)23(29)28-12-3-5-21(17-28)24(30)27-15-13-26(14-16-27)22-6-4-11-25(2)18-22/h7-10,21-22H,3-6,11-18H2,1-2H3. The van der Waals surface area contributed by atoms with Crippen LogP contribution in [-0.4, -0.2) is 96.9 Å². The van der Waals surface area contributed by atoms with Crippen LogP contribution in [-0.2, 0) is 4.79 Å². The summed E-state index contributed by atoms with van der Waals surface area (Å²) >= 11 is 0. The molecular formula is C24H36N4O2. The summed E-state index contributed by atoms with van der Waals surface area (Å²) < 4.78 is 0. The van der Waals surface area contributed by atoms with Crippen molar-refractivity contribution in [2.24, 2.45) is 5.92 Å². The average Bonchev–Trinajstić information content (AvgIpc) is 2.79. The van der Waals surface area contributed by atoms with E-state index in [-0.39, 0.29) is 17.7 Å². The summed E-state index contributed by atoms with van der Waals surface area (Å²) in [5.74, 6) is 0.246. The first-order valence-corrected chi connectivity index (χ1v) is 11.6. The Morgan fingerprint density at radius 2 is 1.53 bits per heavy atom. The molecule has 3 aliphatic heterocycles. The van der Waals surface area contributed by atoms with E-state index < -0.39 is 0 Å². The predicted octanol–water partition coefficient (Wildman–Crippen LogP) is 2.09. The number of carbonyl (C=O) groups is 2. The quantitative estimate of drug-likeness (QED) is 0.763. The Morgan fingerprint density at radius 3 is 2.23 bits per heavy atom. The Labute approximate surface area is 180 Å². The van der Waals surface area contributed by atoms with Crippen LogP contribution >= 0.6 is 0 Å². The molecule has 0 radical (unpaired) electrons. The Bertz CT molecular complexity index is 742. The monoisotopic (exact) mass is 412 g/mol. The zero-order valence-electron chi connectivity index (χ0n) is 18.6. The molecule has 0 saturated carbocycles. The fourth-order valence-electron chi connectivity index (χ4n) is 5.24. The largest absolute Gasteiger partial charge is 0.340 e. The topological polar surface area (TPSA) is 47.1 Å². The molecule has 3 fully saturated rings. The van der Waals surface area contributed by atoms with Gasteiger partial charge in [0.15, 0.2) is 0 Å². The second-order valence-electron chi connectivity index (χ2n) is 9.38. The maximum Gasteiger partial charge on any atom is 0.253 e. The fourth-order valence-corrected chi connectivity index (χ4v) is 5.24. The van der Waals surface area contributed by atoms with Gasteiger partial charge in [0.05, 0.1) is 5.92 Å². The molecule has 4 rings (SSSR count). The van der Waals surface area contributed by atoms with Crippen molar-refractivity contribution in [1.29, 1.82) is 0 Å². The van der Waals surface area contributed by atoms with Crippen LogP contribution < -0.4 is 0 Å². The molecule has 30 heavy (non-hydrogen) atoms. The van der Waals surface area contributed by atoms with Crippen molar-refractivity contribution >= 4 is 11.8 Å². The minimum Gasteiger partial charge on any atom is -0.340 e.